The normalized spacial score (nSPS) is 17.8. The molecule has 0 aliphatic carbocycles. The maximum atomic E-state index is 11.3. The number of aromatic carboxylic acids is 1. The number of carboxylic acids is 1. The molecular weight excluding hydrogens is 260 g/mol. The number of aliphatic hydroxyl groups is 1. The van der Waals surface area contributed by atoms with Gasteiger partial charge in [-0.05, 0) is 37.1 Å². The second-order valence-corrected chi connectivity index (χ2v) is 4.83. The van der Waals surface area contributed by atoms with Gasteiger partial charge in [-0.1, -0.05) is 0 Å². The SMILES string of the molecule is O=C(O)c1nc(-c2ccc(O)cc2)n2c1C(O)CCC2. The number of imidazole rings is 1. The summed E-state index contributed by atoms with van der Waals surface area (Å²) in [7, 11) is 0. The summed E-state index contributed by atoms with van der Waals surface area (Å²) in [6, 6.07) is 6.41. The highest BCUT2D eigenvalue weighted by Crippen LogP contribution is 2.33. The van der Waals surface area contributed by atoms with Crippen LogP contribution in [0.2, 0.25) is 0 Å². The number of hydrogen-bond acceptors (Lipinski definition) is 4. The number of aromatic hydroxyl groups is 1. The van der Waals surface area contributed by atoms with Gasteiger partial charge in [0.25, 0.3) is 0 Å². The van der Waals surface area contributed by atoms with Crippen LogP contribution in [0.5, 0.6) is 5.75 Å². The van der Waals surface area contributed by atoms with Gasteiger partial charge in [0.05, 0.1) is 11.8 Å². The zero-order valence-corrected chi connectivity index (χ0v) is 10.7. The number of phenols is 1. The number of phenolic OH excluding ortho intramolecular Hbond substituents is 1. The van der Waals surface area contributed by atoms with E-state index in [-0.39, 0.29) is 11.4 Å². The van der Waals surface area contributed by atoms with E-state index in [2.05, 4.69) is 4.98 Å². The lowest BCUT2D eigenvalue weighted by Crippen LogP contribution is -2.18. The molecule has 3 rings (SSSR count). The molecule has 0 spiro atoms. The molecule has 0 saturated carbocycles. The molecular formula is C14H14N2O4. The zero-order chi connectivity index (χ0) is 14.3. The van der Waals surface area contributed by atoms with E-state index < -0.39 is 12.1 Å². The molecule has 1 atom stereocenters. The molecule has 3 N–H and O–H groups in total. The summed E-state index contributed by atoms with van der Waals surface area (Å²) < 4.78 is 1.75. The quantitative estimate of drug-likeness (QED) is 0.775. The Morgan fingerprint density at radius 2 is 2.00 bits per heavy atom. The first-order valence-corrected chi connectivity index (χ1v) is 6.39. The Morgan fingerprint density at radius 1 is 1.30 bits per heavy atom. The van der Waals surface area contributed by atoms with Gasteiger partial charge in [-0.3, -0.25) is 0 Å². The van der Waals surface area contributed by atoms with Crippen LogP contribution in [-0.4, -0.2) is 30.8 Å². The smallest absolute Gasteiger partial charge is 0.356 e. The van der Waals surface area contributed by atoms with Gasteiger partial charge < -0.3 is 19.9 Å². The van der Waals surface area contributed by atoms with Gasteiger partial charge in [0.2, 0.25) is 0 Å². The molecule has 0 bridgehead atoms. The van der Waals surface area contributed by atoms with Crippen molar-refractivity contribution in [2.24, 2.45) is 0 Å². The van der Waals surface area contributed by atoms with Crippen LogP contribution in [0.15, 0.2) is 24.3 Å². The first-order chi connectivity index (χ1) is 9.58. The van der Waals surface area contributed by atoms with Crippen LogP contribution in [0.25, 0.3) is 11.4 Å². The largest absolute Gasteiger partial charge is 0.508 e. The Hall–Kier alpha value is -2.34. The van der Waals surface area contributed by atoms with Crippen LogP contribution in [0, 0.1) is 0 Å². The van der Waals surface area contributed by atoms with E-state index in [0.29, 0.717) is 30.0 Å². The van der Waals surface area contributed by atoms with E-state index >= 15 is 0 Å². The highest BCUT2D eigenvalue weighted by Gasteiger charge is 2.30. The minimum atomic E-state index is -1.14. The molecule has 6 nitrogen and oxygen atoms in total. The van der Waals surface area contributed by atoms with Crippen molar-refractivity contribution in [3.63, 3.8) is 0 Å². The van der Waals surface area contributed by atoms with Crippen molar-refractivity contribution >= 4 is 5.97 Å². The summed E-state index contributed by atoms with van der Waals surface area (Å²) in [5, 5.41) is 28.6. The van der Waals surface area contributed by atoms with Crippen LogP contribution < -0.4 is 0 Å². The molecule has 2 heterocycles. The van der Waals surface area contributed by atoms with Crippen molar-refractivity contribution < 1.29 is 20.1 Å². The molecule has 1 aliphatic rings. The number of aliphatic hydroxyl groups excluding tert-OH is 1. The third-order valence-electron chi connectivity index (χ3n) is 3.51. The van der Waals surface area contributed by atoms with Gasteiger partial charge in [0.1, 0.15) is 11.6 Å². The molecule has 0 fully saturated rings. The second kappa shape index (κ2) is 4.64. The van der Waals surface area contributed by atoms with Crippen molar-refractivity contribution in [3.05, 3.63) is 35.7 Å². The van der Waals surface area contributed by atoms with Crippen LogP contribution in [-0.2, 0) is 6.54 Å². The summed E-state index contributed by atoms with van der Waals surface area (Å²) in [6.07, 6.45) is 0.517. The zero-order valence-electron chi connectivity index (χ0n) is 10.7. The fourth-order valence-corrected chi connectivity index (χ4v) is 2.60. The monoisotopic (exact) mass is 274 g/mol. The lowest BCUT2D eigenvalue weighted by Gasteiger charge is -2.21. The standard InChI is InChI=1S/C14H14N2O4/c17-9-5-3-8(4-6-9)13-15-11(14(19)20)12-10(18)2-1-7-16(12)13/h3-6,10,17-18H,1-2,7H2,(H,19,20). The Bertz CT molecular complexity index is 661. The van der Waals surface area contributed by atoms with Crippen molar-refractivity contribution in [2.75, 3.05) is 0 Å². The second-order valence-electron chi connectivity index (χ2n) is 4.83. The van der Waals surface area contributed by atoms with Crippen molar-refractivity contribution in [1.82, 2.24) is 9.55 Å². The molecule has 20 heavy (non-hydrogen) atoms. The molecule has 104 valence electrons. The number of benzene rings is 1. The Kier molecular flexibility index (Phi) is 2.94. The van der Waals surface area contributed by atoms with E-state index in [1.165, 1.54) is 12.1 Å². The van der Waals surface area contributed by atoms with E-state index in [9.17, 15) is 20.1 Å². The highest BCUT2D eigenvalue weighted by atomic mass is 16.4. The number of fused-ring (bicyclic) bond motifs is 1. The van der Waals surface area contributed by atoms with Gasteiger partial charge in [-0.25, -0.2) is 9.78 Å². The van der Waals surface area contributed by atoms with Crippen LogP contribution in [0.3, 0.4) is 0 Å². The number of rotatable bonds is 2. The maximum Gasteiger partial charge on any atom is 0.356 e. The molecule has 1 aliphatic heterocycles. The predicted molar refractivity (Wildman–Crippen MR) is 70.5 cm³/mol. The van der Waals surface area contributed by atoms with E-state index in [0.717, 1.165) is 6.42 Å². The Balaban J connectivity index is 2.19. The number of carbonyl (C=O) groups is 1. The molecule has 0 radical (unpaired) electrons. The van der Waals surface area contributed by atoms with Crippen LogP contribution >= 0.6 is 0 Å². The molecule has 1 aromatic carbocycles. The minimum Gasteiger partial charge on any atom is -0.508 e. The first kappa shape index (κ1) is 12.7. The van der Waals surface area contributed by atoms with Crippen LogP contribution in [0.1, 0.15) is 35.1 Å². The van der Waals surface area contributed by atoms with Crippen LogP contribution in [0.4, 0.5) is 0 Å². The number of nitrogens with zero attached hydrogens (tertiary/aromatic N) is 2. The minimum absolute atomic E-state index is 0.0970. The van der Waals surface area contributed by atoms with Crippen molar-refractivity contribution in [2.45, 2.75) is 25.5 Å². The maximum absolute atomic E-state index is 11.3. The summed E-state index contributed by atoms with van der Waals surface area (Å²) >= 11 is 0. The van der Waals surface area contributed by atoms with Gasteiger partial charge in [-0.2, -0.15) is 0 Å². The van der Waals surface area contributed by atoms with Gasteiger partial charge in [-0.15, -0.1) is 0 Å². The van der Waals surface area contributed by atoms with E-state index in [4.69, 9.17) is 0 Å². The predicted octanol–water partition coefficient (Wildman–Crippen LogP) is 1.78. The molecule has 0 saturated heterocycles. The number of carboxylic acid groups (broad SMARTS) is 1. The molecule has 6 heteroatoms. The number of aromatic nitrogens is 2. The summed E-state index contributed by atoms with van der Waals surface area (Å²) in [5.41, 5.74) is 0.984. The summed E-state index contributed by atoms with van der Waals surface area (Å²) in [6.45, 7) is 0.628. The van der Waals surface area contributed by atoms with E-state index in [1.807, 2.05) is 0 Å². The molecule has 2 aromatic rings. The lowest BCUT2D eigenvalue weighted by atomic mass is 10.0. The molecule has 0 amide bonds. The summed E-state index contributed by atoms with van der Waals surface area (Å²) in [5.74, 6) is -0.492. The molecule has 1 aromatic heterocycles. The topological polar surface area (TPSA) is 95.6 Å². The van der Waals surface area contributed by atoms with Gasteiger partial charge >= 0.3 is 5.97 Å². The van der Waals surface area contributed by atoms with Gasteiger partial charge in [0, 0.05) is 12.1 Å². The highest BCUT2D eigenvalue weighted by molar-refractivity contribution is 5.88. The fraction of sp³-hybridized carbons (Fsp3) is 0.286. The first-order valence-electron chi connectivity index (χ1n) is 6.39. The Labute approximate surface area is 114 Å². The fourth-order valence-electron chi connectivity index (χ4n) is 2.60. The summed E-state index contributed by atoms with van der Waals surface area (Å²) in [4.78, 5) is 15.5. The average molecular weight is 274 g/mol. The van der Waals surface area contributed by atoms with Crippen molar-refractivity contribution in [1.29, 1.82) is 0 Å². The third kappa shape index (κ3) is 1.94. The van der Waals surface area contributed by atoms with E-state index in [1.54, 1.807) is 16.7 Å². The Morgan fingerprint density at radius 3 is 2.65 bits per heavy atom. The lowest BCUT2D eigenvalue weighted by molar-refractivity contribution is 0.0677. The third-order valence-corrected chi connectivity index (χ3v) is 3.51. The average Bonchev–Trinajstić information content (AvgIpc) is 2.81. The van der Waals surface area contributed by atoms with Gasteiger partial charge in [0.15, 0.2) is 5.69 Å². The van der Waals surface area contributed by atoms with Crippen molar-refractivity contribution in [3.8, 4) is 17.1 Å². The molecule has 1 unspecified atom stereocenters. The number of hydrogen-bond donors (Lipinski definition) is 3.